The van der Waals surface area contributed by atoms with Crippen molar-refractivity contribution < 1.29 is 14.2 Å². The van der Waals surface area contributed by atoms with E-state index in [1.54, 1.807) is 12.1 Å². The molecule has 0 aliphatic rings. The molecule has 0 aliphatic carbocycles. The molecule has 1 aromatic carbocycles. The van der Waals surface area contributed by atoms with Crippen molar-refractivity contribution in [1.29, 1.82) is 0 Å². The Balaban J connectivity index is 2.16. The first kappa shape index (κ1) is 11.8. The summed E-state index contributed by atoms with van der Waals surface area (Å²) in [7, 11) is 0. The van der Waals surface area contributed by atoms with Gasteiger partial charge in [-0.15, -0.1) is 0 Å². The molecule has 3 nitrogen and oxygen atoms in total. The molecule has 0 spiro atoms. The van der Waals surface area contributed by atoms with E-state index in [1.807, 2.05) is 0 Å². The number of hydrogen-bond acceptors (Lipinski definition) is 3. The molecule has 1 heterocycles. The number of rotatable bonds is 3. The molecule has 2 aromatic rings. The first-order valence-corrected chi connectivity index (χ1v) is 5.25. The first-order valence-electron chi connectivity index (χ1n) is 4.88. The number of hydrogen-bond donors (Lipinski definition) is 1. The summed E-state index contributed by atoms with van der Waals surface area (Å²) in [5.74, 6) is 0.258. The second kappa shape index (κ2) is 5.12. The molecular formula is C12H9ClFNO2. The molecule has 88 valence electrons. The number of benzene rings is 1. The lowest BCUT2D eigenvalue weighted by molar-refractivity contribution is 0.281. The summed E-state index contributed by atoms with van der Waals surface area (Å²) >= 11 is 5.62. The molecule has 17 heavy (non-hydrogen) atoms. The first-order chi connectivity index (χ1) is 8.19. The van der Waals surface area contributed by atoms with Gasteiger partial charge in [0, 0.05) is 18.3 Å². The van der Waals surface area contributed by atoms with E-state index >= 15 is 0 Å². The van der Waals surface area contributed by atoms with Crippen LogP contribution in [0.1, 0.15) is 5.56 Å². The maximum Gasteiger partial charge on any atom is 0.219 e. The van der Waals surface area contributed by atoms with E-state index in [-0.39, 0.29) is 11.6 Å². The normalized spacial score (nSPS) is 10.3. The Morgan fingerprint density at radius 3 is 2.71 bits per heavy atom. The van der Waals surface area contributed by atoms with E-state index in [1.165, 1.54) is 24.4 Å². The maximum atomic E-state index is 12.9. The van der Waals surface area contributed by atoms with Gasteiger partial charge in [-0.2, -0.15) is 0 Å². The van der Waals surface area contributed by atoms with Crippen molar-refractivity contribution >= 4 is 11.6 Å². The maximum absolute atomic E-state index is 12.9. The van der Waals surface area contributed by atoms with Crippen LogP contribution < -0.4 is 4.74 Å². The zero-order valence-electron chi connectivity index (χ0n) is 8.73. The topological polar surface area (TPSA) is 42.4 Å². The van der Waals surface area contributed by atoms with Crippen LogP contribution in [0.3, 0.4) is 0 Å². The Hall–Kier alpha value is -1.65. The molecule has 0 atom stereocenters. The van der Waals surface area contributed by atoms with Gasteiger partial charge < -0.3 is 9.84 Å². The minimum Gasteiger partial charge on any atom is -0.439 e. The standard InChI is InChI=1S/C12H9ClFNO2/c13-10-5-9(2-3-11(10)14)17-12-4-1-8(7-16)6-15-12/h1-6,16H,7H2. The second-order valence-electron chi connectivity index (χ2n) is 3.34. The van der Waals surface area contributed by atoms with E-state index in [4.69, 9.17) is 21.4 Å². The molecule has 0 saturated heterocycles. The Labute approximate surface area is 102 Å². The van der Waals surface area contributed by atoms with Crippen molar-refractivity contribution in [2.45, 2.75) is 6.61 Å². The van der Waals surface area contributed by atoms with Crippen molar-refractivity contribution in [3.8, 4) is 11.6 Å². The number of aromatic nitrogens is 1. The summed E-state index contributed by atoms with van der Waals surface area (Å²) < 4.78 is 18.3. The lowest BCUT2D eigenvalue weighted by Crippen LogP contribution is -1.90. The summed E-state index contributed by atoms with van der Waals surface area (Å²) in [4.78, 5) is 3.98. The fourth-order valence-corrected chi connectivity index (χ4v) is 1.40. The number of halogens is 2. The quantitative estimate of drug-likeness (QED) is 0.914. The number of nitrogens with zero attached hydrogens (tertiary/aromatic N) is 1. The lowest BCUT2D eigenvalue weighted by atomic mass is 10.3. The largest absolute Gasteiger partial charge is 0.439 e. The molecule has 2 rings (SSSR count). The smallest absolute Gasteiger partial charge is 0.219 e. The highest BCUT2D eigenvalue weighted by atomic mass is 35.5. The van der Waals surface area contributed by atoms with Crippen LogP contribution in [-0.2, 0) is 6.61 Å². The third-order valence-electron chi connectivity index (χ3n) is 2.09. The molecule has 0 amide bonds. The molecule has 0 radical (unpaired) electrons. The highest BCUT2D eigenvalue weighted by Crippen LogP contribution is 2.24. The van der Waals surface area contributed by atoms with Crippen LogP contribution in [-0.4, -0.2) is 10.1 Å². The average molecular weight is 254 g/mol. The van der Waals surface area contributed by atoms with Crippen LogP contribution in [0.15, 0.2) is 36.5 Å². The zero-order valence-corrected chi connectivity index (χ0v) is 9.49. The van der Waals surface area contributed by atoms with Crippen molar-refractivity contribution in [3.63, 3.8) is 0 Å². The Morgan fingerprint density at radius 1 is 1.29 bits per heavy atom. The fraction of sp³-hybridized carbons (Fsp3) is 0.0833. The summed E-state index contributed by atoms with van der Waals surface area (Å²) in [6.45, 7) is -0.0738. The Bertz CT molecular complexity index is 516. The Morgan fingerprint density at radius 2 is 2.12 bits per heavy atom. The minimum absolute atomic E-state index is 0.00511. The van der Waals surface area contributed by atoms with Gasteiger partial charge in [-0.1, -0.05) is 11.6 Å². The van der Waals surface area contributed by atoms with Crippen molar-refractivity contribution in [2.75, 3.05) is 0 Å². The molecule has 0 fully saturated rings. The van der Waals surface area contributed by atoms with E-state index in [0.717, 1.165) is 0 Å². The predicted octanol–water partition coefficient (Wildman–Crippen LogP) is 3.16. The van der Waals surface area contributed by atoms with Crippen LogP contribution in [0, 0.1) is 5.82 Å². The van der Waals surface area contributed by atoms with Crippen LogP contribution in [0.5, 0.6) is 11.6 Å². The van der Waals surface area contributed by atoms with Gasteiger partial charge in [-0.05, 0) is 23.8 Å². The summed E-state index contributed by atoms with van der Waals surface area (Å²) in [6, 6.07) is 7.36. The van der Waals surface area contributed by atoms with Gasteiger partial charge in [-0.25, -0.2) is 9.37 Å². The summed E-state index contributed by atoms with van der Waals surface area (Å²) in [6.07, 6.45) is 1.50. The third kappa shape index (κ3) is 2.93. The number of pyridine rings is 1. The van der Waals surface area contributed by atoms with E-state index in [9.17, 15) is 4.39 Å². The number of aliphatic hydroxyl groups excluding tert-OH is 1. The van der Waals surface area contributed by atoms with Crippen molar-refractivity contribution in [3.05, 3.63) is 52.9 Å². The number of ether oxygens (including phenoxy) is 1. The third-order valence-corrected chi connectivity index (χ3v) is 2.38. The lowest BCUT2D eigenvalue weighted by Gasteiger charge is -2.05. The van der Waals surface area contributed by atoms with Gasteiger partial charge in [-0.3, -0.25) is 0 Å². The molecular weight excluding hydrogens is 245 g/mol. The van der Waals surface area contributed by atoms with Crippen LogP contribution in [0.25, 0.3) is 0 Å². The average Bonchev–Trinajstić information content (AvgIpc) is 2.35. The van der Waals surface area contributed by atoms with Crippen LogP contribution in [0.2, 0.25) is 5.02 Å². The van der Waals surface area contributed by atoms with Gasteiger partial charge in [0.1, 0.15) is 11.6 Å². The molecule has 1 N–H and O–H groups in total. The predicted molar refractivity (Wildman–Crippen MR) is 61.6 cm³/mol. The zero-order chi connectivity index (χ0) is 12.3. The second-order valence-corrected chi connectivity index (χ2v) is 3.75. The van der Waals surface area contributed by atoms with Gasteiger partial charge in [0.05, 0.1) is 11.6 Å². The van der Waals surface area contributed by atoms with E-state index in [2.05, 4.69) is 4.98 Å². The molecule has 0 saturated carbocycles. The molecule has 1 aromatic heterocycles. The van der Waals surface area contributed by atoms with Crippen molar-refractivity contribution in [2.24, 2.45) is 0 Å². The van der Waals surface area contributed by atoms with Crippen molar-refractivity contribution in [1.82, 2.24) is 4.98 Å². The van der Waals surface area contributed by atoms with Gasteiger partial charge >= 0.3 is 0 Å². The summed E-state index contributed by atoms with van der Waals surface area (Å²) in [5.41, 5.74) is 0.689. The monoisotopic (exact) mass is 253 g/mol. The Kier molecular flexibility index (Phi) is 3.56. The highest BCUT2D eigenvalue weighted by molar-refractivity contribution is 6.30. The van der Waals surface area contributed by atoms with E-state index in [0.29, 0.717) is 17.2 Å². The highest BCUT2D eigenvalue weighted by Gasteiger charge is 2.03. The van der Waals surface area contributed by atoms with Gasteiger partial charge in [0.25, 0.3) is 0 Å². The van der Waals surface area contributed by atoms with Gasteiger partial charge in [0.15, 0.2) is 0 Å². The molecule has 5 heteroatoms. The fourth-order valence-electron chi connectivity index (χ4n) is 1.23. The molecule has 0 unspecified atom stereocenters. The molecule has 0 bridgehead atoms. The summed E-state index contributed by atoms with van der Waals surface area (Å²) in [5, 5.41) is 8.84. The molecule has 0 aliphatic heterocycles. The SMILES string of the molecule is OCc1ccc(Oc2ccc(F)c(Cl)c2)nc1. The number of aliphatic hydroxyl groups is 1. The van der Waals surface area contributed by atoms with Crippen LogP contribution >= 0.6 is 11.6 Å². The minimum atomic E-state index is -0.498. The van der Waals surface area contributed by atoms with E-state index < -0.39 is 5.82 Å². The van der Waals surface area contributed by atoms with Gasteiger partial charge in [0.2, 0.25) is 5.88 Å². The van der Waals surface area contributed by atoms with Crippen LogP contribution in [0.4, 0.5) is 4.39 Å².